The summed E-state index contributed by atoms with van der Waals surface area (Å²) in [6.45, 7) is 1.74. The Morgan fingerprint density at radius 1 is 1.53 bits per heavy atom. The van der Waals surface area contributed by atoms with E-state index in [0.29, 0.717) is 12.1 Å². The number of hydrogen-bond donors (Lipinski definition) is 3. The van der Waals surface area contributed by atoms with Gasteiger partial charge in [-0.1, -0.05) is 22.9 Å². The van der Waals surface area contributed by atoms with E-state index in [4.69, 9.17) is 10.8 Å². The molecule has 1 amide bonds. The number of carboxylic acid groups (broad SMARTS) is 1. The summed E-state index contributed by atoms with van der Waals surface area (Å²) in [6.07, 6.45) is 0.403. The van der Waals surface area contributed by atoms with Crippen molar-refractivity contribution in [1.82, 2.24) is 0 Å². The fourth-order valence-electron chi connectivity index (χ4n) is 1.38. The van der Waals surface area contributed by atoms with Crippen molar-refractivity contribution in [2.75, 3.05) is 5.32 Å². The minimum Gasteiger partial charge on any atom is -0.480 e. The summed E-state index contributed by atoms with van der Waals surface area (Å²) < 4.78 is 0.741. The van der Waals surface area contributed by atoms with Gasteiger partial charge in [0.25, 0.3) is 5.91 Å². The highest BCUT2D eigenvalue weighted by atomic mass is 79.9. The van der Waals surface area contributed by atoms with E-state index in [0.717, 1.165) is 4.47 Å². The fraction of sp³-hybridized carbons (Fsp3) is 0.273. The number of nitrogens with one attached hydrogen (secondary N) is 1. The van der Waals surface area contributed by atoms with E-state index in [-0.39, 0.29) is 5.56 Å². The van der Waals surface area contributed by atoms with E-state index in [9.17, 15) is 9.59 Å². The van der Waals surface area contributed by atoms with Crippen LogP contribution < -0.4 is 11.1 Å². The highest BCUT2D eigenvalue weighted by Gasteiger charge is 2.17. The third kappa shape index (κ3) is 3.45. The zero-order valence-electron chi connectivity index (χ0n) is 9.24. The Morgan fingerprint density at radius 2 is 2.18 bits per heavy atom. The van der Waals surface area contributed by atoms with Gasteiger partial charge in [-0.2, -0.15) is 0 Å². The first-order chi connectivity index (χ1) is 7.95. The highest BCUT2D eigenvalue weighted by molar-refractivity contribution is 9.10. The van der Waals surface area contributed by atoms with E-state index in [1.807, 2.05) is 0 Å². The van der Waals surface area contributed by atoms with Crippen LogP contribution in [0.4, 0.5) is 5.69 Å². The van der Waals surface area contributed by atoms with Crippen LogP contribution >= 0.6 is 15.9 Å². The van der Waals surface area contributed by atoms with E-state index < -0.39 is 17.9 Å². The number of nitrogens with two attached hydrogens (primary N) is 1. The van der Waals surface area contributed by atoms with Gasteiger partial charge in [0, 0.05) is 10.2 Å². The normalized spacial score (nSPS) is 11.9. The van der Waals surface area contributed by atoms with Crippen LogP contribution in [0.3, 0.4) is 0 Å². The molecule has 0 radical (unpaired) electrons. The van der Waals surface area contributed by atoms with Crippen LogP contribution in [0.2, 0.25) is 0 Å². The SMILES string of the molecule is CCC(Nc1cc(Br)ccc1C(N)=O)C(=O)O. The lowest BCUT2D eigenvalue weighted by molar-refractivity contribution is -0.137. The average Bonchev–Trinajstić information content (AvgIpc) is 2.25. The van der Waals surface area contributed by atoms with Crippen molar-refractivity contribution in [2.24, 2.45) is 5.73 Å². The quantitative estimate of drug-likeness (QED) is 0.773. The molecule has 0 aliphatic heterocycles. The minimum absolute atomic E-state index is 0.271. The van der Waals surface area contributed by atoms with Gasteiger partial charge in [0.15, 0.2) is 0 Å². The lowest BCUT2D eigenvalue weighted by atomic mass is 10.1. The van der Waals surface area contributed by atoms with Crippen LogP contribution in [0.5, 0.6) is 0 Å². The van der Waals surface area contributed by atoms with Gasteiger partial charge in [0.05, 0.1) is 5.56 Å². The number of benzene rings is 1. The van der Waals surface area contributed by atoms with Crippen molar-refractivity contribution >= 4 is 33.5 Å². The van der Waals surface area contributed by atoms with Crippen LogP contribution in [0.25, 0.3) is 0 Å². The molecule has 0 spiro atoms. The number of carbonyl (C=O) groups is 2. The van der Waals surface area contributed by atoms with Gasteiger partial charge in [-0.05, 0) is 24.6 Å². The maximum absolute atomic E-state index is 11.2. The van der Waals surface area contributed by atoms with Crippen LogP contribution in [0, 0.1) is 0 Å². The second kappa shape index (κ2) is 5.67. The van der Waals surface area contributed by atoms with Crippen molar-refractivity contribution in [1.29, 1.82) is 0 Å². The summed E-state index contributed by atoms with van der Waals surface area (Å²) in [7, 11) is 0. The topological polar surface area (TPSA) is 92.4 Å². The molecule has 0 aliphatic carbocycles. The van der Waals surface area contributed by atoms with Gasteiger partial charge >= 0.3 is 5.97 Å². The molecule has 1 atom stereocenters. The third-order valence-electron chi connectivity index (χ3n) is 2.28. The van der Waals surface area contributed by atoms with Crippen LogP contribution in [0.15, 0.2) is 22.7 Å². The van der Waals surface area contributed by atoms with E-state index in [1.54, 1.807) is 25.1 Å². The van der Waals surface area contributed by atoms with Crippen molar-refractivity contribution < 1.29 is 14.7 Å². The monoisotopic (exact) mass is 300 g/mol. The third-order valence-corrected chi connectivity index (χ3v) is 2.78. The predicted octanol–water partition coefficient (Wildman–Crippen LogP) is 1.82. The number of carbonyl (C=O) groups excluding carboxylic acids is 1. The molecule has 1 unspecified atom stereocenters. The number of rotatable bonds is 5. The standard InChI is InChI=1S/C11H13BrN2O3/c1-2-8(11(16)17)14-9-5-6(12)3-4-7(9)10(13)15/h3-5,8,14H,2H2,1H3,(H2,13,15)(H,16,17). The molecule has 1 aromatic carbocycles. The molecule has 0 saturated carbocycles. The first kappa shape index (κ1) is 13.5. The molecule has 0 aromatic heterocycles. The summed E-state index contributed by atoms with van der Waals surface area (Å²) in [6, 6.07) is 4.10. The number of amides is 1. The molecule has 1 rings (SSSR count). The molecule has 4 N–H and O–H groups in total. The summed E-state index contributed by atoms with van der Waals surface area (Å²) in [5.74, 6) is -1.57. The van der Waals surface area contributed by atoms with Crippen molar-refractivity contribution in [3.05, 3.63) is 28.2 Å². The number of anilines is 1. The molecule has 0 bridgehead atoms. The highest BCUT2D eigenvalue weighted by Crippen LogP contribution is 2.22. The number of primary amides is 1. The molecule has 92 valence electrons. The second-order valence-corrected chi connectivity index (χ2v) is 4.41. The molecule has 6 heteroatoms. The molecule has 17 heavy (non-hydrogen) atoms. The van der Waals surface area contributed by atoms with Gasteiger partial charge < -0.3 is 16.2 Å². The Labute approximate surface area is 107 Å². The Kier molecular flexibility index (Phi) is 4.51. The van der Waals surface area contributed by atoms with Gasteiger partial charge in [0.2, 0.25) is 0 Å². The molecular weight excluding hydrogens is 288 g/mol. The number of aliphatic carboxylic acids is 1. The Bertz CT molecular complexity index is 448. The van der Waals surface area contributed by atoms with E-state index in [2.05, 4.69) is 21.2 Å². The first-order valence-corrected chi connectivity index (χ1v) is 5.83. The van der Waals surface area contributed by atoms with Gasteiger partial charge in [-0.25, -0.2) is 4.79 Å². The molecule has 0 saturated heterocycles. The van der Waals surface area contributed by atoms with Crippen molar-refractivity contribution in [2.45, 2.75) is 19.4 Å². The molecule has 5 nitrogen and oxygen atoms in total. The molecule has 0 aliphatic rings. The molecular formula is C11H13BrN2O3. The average molecular weight is 301 g/mol. The van der Waals surface area contributed by atoms with Crippen LogP contribution in [-0.2, 0) is 4.79 Å². The minimum atomic E-state index is -0.970. The van der Waals surface area contributed by atoms with Gasteiger partial charge in [0.1, 0.15) is 6.04 Å². The van der Waals surface area contributed by atoms with E-state index >= 15 is 0 Å². The Morgan fingerprint density at radius 3 is 2.65 bits per heavy atom. The molecule has 0 fully saturated rings. The number of carboxylic acids is 1. The predicted molar refractivity (Wildman–Crippen MR) is 68.0 cm³/mol. The fourth-order valence-corrected chi connectivity index (χ4v) is 1.74. The maximum atomic E-state index is 11.2. The summed E-state index contributed by atoms with van der Waals surface area (Å²) >= 11 is 3.25. The summed E-state index contributed by atoms with van der Waals surface area (Å²) in [4.78, 5) is 22.1. The van der Waals surface area contributed by atoms with Crippen LogP contribution in [0.1, 0.15) is 23.7 Å². The van der Waals surface area contributed by atoms with Crippen LogP contribution in [-0.4, -0.2) is 23.0 Å². The van der Waals surface area contributed by atoms with Crippen molar-refractivity contribution in [3.8, 4) is 0 Å². The van der Waals surface area contributed by atoms with Gasteiger partial charge in [-0.15, -0.1) is 0 Å². The van der Waals surface area contributed by atoms with Crippen molar-refractivity contribution in [3.63, 3.8) is 0 Å². The maximum Gasteiger partial charge on any atom is 0.326 e. The molecule has 1 aromatic rings. The summed E-state index contributed by atoms with van der Waals surface area (Å²) in [5, 5.41) is 11.7. The van der Waals surface area contributed by atoms with Gasteiger partial charge in [-0.3, -0.25) is 4.79 Å². The number of hydrogen-bond acceptors (Lipinski definition) is 3. The van der Waals surface area contributed by atoms with E-state index in [1.165, 1.54) is 0 Å². The Balaban J connectivity index is 3.07. The Hall–Kier alpha value is -1.56. The smallest absolute Gasteiger partial charge is 0.326 e. The lowest BCUT2D eigenvalue weighted by Gasteiger charge is -2.16. The lowest BCUT2D eigenvalue weighted by Crippen LogP contribution is -2.29. The molecule has 0 heterocycles. The zero-order valence-corrected chi connectivity index (χ0v) is 10.8. The first-order valence-electron chi connectivity index (χ1n) is 5.04. The zero-order chi connectivity index (χ0) is 13.0. The summed E-state index contributed by atoms with van der Waals surface area (Å²) in [5.41, 5.74) is 5.91. The number of halogens is 1. The largest absolute Gasteiger partial charge is 0.480 e. The second-order valence-electron chi connectivity index (χ2n) is 3.50.